The minimum absolute atomic E-state index is 0.186. The standard InChI is InChI=1S/C10H14BrNO/c1-7(12)5-8-3-4-9(11)10(6-8)13-2/h3-4,6-7H,5,12H2,1-2H3/t7-/m0/s1. The van der Waals surface area contributed by atoms with Gasteiger partial charge in [-0.3, -0.25) is 0 Å². The summed E-state index contributed by atoms with van der Waals surface area (Å²) in [7, 11) is 1.66. The third-order valence-corrected chi connectivity index (χ3v) is 2.43. The number of benzene rings is 1. The van der Waals surface area contributed by atoms with Crippen molar-refractivity contribution >= 4 is 15.9 Å². The second-order valence-corrected chi connectivity index (χ2v) is 4.00. The van der Waals surface area contributed by atoms with Crippen molar-refractivity contribution in [1.29, 1.82) is 0 Å². The SMILES string of the molecule is COc1cc(C[C@H](C)N)ccc1Br. The molecular formula is C10H14BrNO. The van der Waals surface area contributed by atoms with Crippen molar-refractivity contribution in [2.24, 2.45) is 5.73 Å². The molecule has 0 saturated heterocycles. The van der Waals surface area contributed by atoms with Crippen molar-refractivity contribution in [2.45, 2.75) is 19.4 Å². The number of methoxy groups -OCH3 is 1. The highest BCUT2D eigenvalue weighted by molar-refractivity contribution is 9.10. The van der Waals surface area contributed by atoms with E-state index >= 15 is 0 Å². The first kappa shape index (κ1) is 10.5. The molecule has 0 bridgehead atoms. The van der Waals surface area contributed by atoms with Gasteiger partial charge >= 0.3 is 0 Å². The third kappa shape index (κ3) is 3.01. The molecule has 1 atom stereocenters. The Morgan fingerprint density at radius 3 is 2.77 bits per heavy atom. The van der Waals surface area contributed by atoms with Crippen LogP contribution in [0.15, 0.2) is 22.7 Å². The smallest absolute Gasteiger partial charge is 0.133 e. The fourth-order valence-corrected chi connectivity index (χ4v) is 1.61. The largest absolute Gasteiger partial charge is 0.496 e. The zero-order valence-electron chi connectivity index (χ0n) is 7.88. The van der Waals surface area contributed by atoms with E-state index in [4.69, 9.17) is 10.5 Å². The molecule has 0 unspecified atom stereocenters. The maximum atomic E-state index is 5.70. The lowest BCUT2D eigenvalue weighted by Gasteiger charge is -2.08. The summed E-state index contributed by atoms with van der Waals surface area (Å²) in [6.07, 6.45) is 0.879. The predicted molar refractivity (Wildman–Crippen MR) is 58.0 cm³/mol. The quantitative estimate of drug-likeness (QED) is 0.885. The van der Waals surface area contributed by atoms with Crippen LogP contribution in [-0.2, 0) is 6.42 Å². The van der Waals surface area contributed by atoms with E-state index in [1.165, 1.54) is 5.56 Å². The van der Waals surface area contributed by atoms with Crippen LogP contribution in [0.1, 0.15) is 12.5 Å². The van der Waals surface area contributed by atoms with Crippen molar-refractivity contribution in [2.75, 3.05) is 7.11 Å². The first-order chi connectivity index (χ1) is 6.13. The van der Waals surface area contributed by atoms with Crippen molar-refractivity contribution in [3.63, 3.8) is 0 Å². The molecule has 0 radical (unpaired) electrons. The number of nitrogens with two attached hydrogens (primary N) is 1. The highest BCUT2D eigenvalue weighted by Gasteiger charge is 2.03. The Kier molecular flexibility index (Phi) is 3.75. The summed E-state index contributed by atoms with van der Waals surface area (Å²) in [6, 6.07) is 6.23. The van der Waals surface area contributed by atoms with Gasteiger partial charge in [-0.2, -0.15) is 0 Å². The third-order valence-electron chi connectivity index (χ3n) is 1.77. The molecule has 1 aromatic carbocycles. The maximum absolute atomic E-state index is 5.70. The van der Waals surface area contributed by atoms with Crippen LogP contribution in [-0.4, -0.2) is 13.2 Å². The van der Waals surface area contributed by atoms with Crippen LogP contribution in [0.4, 0.5) is 0 Å². The van der Waals surface area contributed by atoms with Crippen molar-refractivity contribution < 1.29 is 4.74 Å². The van der Waals surface area contributed by atoms with E-state index in [9.17, 15) is 0 Å². The Hall–Kier alpha value is -0.540. The lowest BCUT2D eigenvalue weighted by Crippen LogP contribution is -2.17. The summed E-state index contributed by atoms with van der Waals surface area (Å²) in [5, 5.41) is 0. The lowest BCUT2D eigenvalue weighted by atomic mass is 10.1. The Balaban J connectivity index is 2.86. The highest BCUT2D eigenvalue weighted by Crippen LogP contribution is 2.25. The molecule has 72 valence electrons. The van der Waals surface area contributed by atoms with Gasteiger partial charge in [-0.25, -0.2) is 0 Å². The van der Waals surface area contributed by atoms with E-state index in [0.29, 0.717) is 0 Å². The molecule has 0 saturated carbocycles. The minimum atomic E-state index is 0.186. The van der Waals surface area contributed by atoms with Crippen LogP contribution in [0.2, 0.25) is 0 Å². The zero-order chi connectivity index (χ0) is 9.84. The molecule has 13 heavy (non-hydrogen) atoms. The number of hydrogen-bond acceptors (Lipinski definition) is 2. The molecule has 0 fully saturated rings. The summed E-state index contributed by atoms with van der Waals surface area (Å²) >= 11 is 3.40. The zero-order valence-corrected chi connectivity index (χ0v) is 9.47. The predicted octanol–water partition coefficient (Wildman–Crippen LogP) is 2.35. The molecule has 2 nitrogen and oxygen atoms in total. The van der Waals surface area contributed by atoms with Gasteiger partial charge in [0.15, 0.2) is 0 Å². The molecule has 0 aliphatic heterocycles. The van der Waals surface area contributed by atoms with Gasteiger partial charge in [0.05, 0.1) is 11.6 Å². The molecule has 0 aliphatic carbocycles. The normalized spacial score (nSPS) is 12.6. The second kappa shape index (κ2) is 4.63. The summed E-state index contributed by atoms with van der Waals surface area (Å²) in [5.41, 5.74) is 6.91. The summed E-state index contributed by atoms with van der Waals surface area (Å²) in [6.45, 7) is 1.99. The molecule has 0 aromatic heterocycles. The fourth-order valence-electron chi connectivity index (χ4n) is 1.20. The van der Waals surface area contributed by atoms with Gasteiger partial charge in [0, 0.05) is 6.04 Å². The van der Waals surface area contributed by atoms with Gasteiger partial charge in [0.1, 0.15) is 5.75 Å². The highest BCUT2D eigenvalue weighted by atomic mass is 79.9. The van der Waals surface area contributed by atoms with Crippen molar-refractivity contribution in [1.82, 2.24) is 0 Å². The average Bonchev–Trinajstić information content (AvgIpc) is 2.07. The molecule has 1 aromatic rings. The molecule has 0 amide bonds. The molecule has 0 heterocycles. The van der Waals surface area contributed by atoms with E-state index in [1.807, 2.05) is 19.1 Å². The van der Waals surface area contributed by atoms with Gasteiger partial charge in [-0.05, 0) is 47.0 Å². The Labute approximate surface area is 87.2 Å². The van der Waals surface area contributed by atoms with E-state index in [1.54, 1.807) is 7.11 Å². The Morgan fingerprint density at radius 1 is 1.54 bits per heavy atom. The van der Waals surface area contributed by atoms with E-state index in [2.05, 4.69) is 22.0 Å². The van der Waals surface area contributed by atoms with Crippen LogP contribution >= 0.6 is 15.9 Å². The average molecular weight is 244 g/mol. The van der Waals surface area contributed by atoms with E-state index in [-0.39, 0.29) is 6.04 Å². The van der Waals surface area contributed by atoms with Crippen LogP contribution in [0.5, 0.6) is 5.75 Å². The van der Waals surface area contributed by atoms with Crippen LogP contribution in [0.3, 0.4) is 0 Å². The Bertz CT molecular complexity index is 286. The molecular weight excluding hydrogens is 230 g/mol. The van der Waals surface area contributed by atoms with E-state index in [0.717, 1.165) is 16.6 Å². The van der Waals surface area contributed by atoms with Crippen molar-refractivity contribution in [3.8, 4) is 5.75 Å². The second-order valence-electron chi connectivity index (χ2n) is 3.15. The molecule has 1 rings (SSSR count). The van der Waals surface area contributed by atoms with Gasteiger partial charge in [-0.1, -0.05) is 6.07 Å². The molecule has 2 N–H and O–H groups in total. The lowest BCUT2D eigenvalue weighted by molar-refractivity contribution is 0.411. The van der Waals surface area contributed by atoms with E-state index < -0.39 is 0 Å². The number of hydrogen-bond donors (Lipinski definition) is 1. The molecule has 3 heteroatoms. The minimum Gasteiger partial charge on any atom is -0.496 e. The van der Waals surface area contributed by atoms with Crippen LogP contribution in [0, 0.1) is 0 Å². The molecule has 0 spiro atoms. The fraction of sp³-hybridized carbons (Fsp3) is 0.400. The summed E-state index contributed by atoms with van der Waals surface area (Å²) in [5.74, 6) is 0.859. The van der Waals surface area contributed by atoms with Crippen LogP contribution < -0.4 is 10.5 Å². The first-order valence-electron chi connectivity index (χ1n) is 4.21. The first-order valence-corrected chi connectivity index (χ1v) is 5.00. The number of ether oxygens (including phenoxy) is 1. The van der Waals surface area contributed by atoms with Crippen molar-refractivity contribution in [3.05, 3.63) is 28.2 Å². The van der Waals surface area contributed by atoms with Gasteiger partial charge in [0.25, 0.3) is 0 Å². The Morgan fingerprint density at radius 2 is 2.23 bits per heavy atom. The van der Waals surface area contributed by atoms with Gasteiger partial charge in [0.2, 0.25) is 0 Å². The number of halogens is 1. The number of rotatable bonds is 3. The molecule has 0 aliphatic rings. The van der Waals surface area contributed by atoms with Gasteiger partial charge in [-0.15, -0.1) is 0 Å². The summed E-state index contributed by atoms with van der Waals surface area (Å²) in [4.78, 5) is 0. The topological polar surface area (TPSA) is 35.2 Å². The van der Waals surface area contributed by atoms with Crippen LogP contribution in [0.25, 0.3) is 0 Å². The maximum Gasteiger partial charge on any atom is 0.133 e. The summed E-state index contributed by atoms with van der Waals surface area (Å²) < 4.78 is 6.15. The van der Waals surface area contributed by atoms with Gasteiger partial charge < -0.3 is 10.5 Å². The monoisotopic (exact) mass is 243 g/mol.